The van der Waals surface area contributed by atoms with Crippen LogP contribution in [0.2, 0.25) is 0 Å². The minimum absolute atomic E-state index is 0.0841. The van der Waals surface area contributed by atoms with Crippen molar-refractivity contribution < 1.29 is 35.9 Å². The molecule has 0 aliphatic carbocycles. The maximum absolute atomic E-state index is 14.1. The summed E-state index contributed by atoms with van der Waals surface area (Å²) in [6.45, 7) is 0. The molecule has 0 aliphatic rings. The second-order valence-electron chi connectivity index (χ2n) is 7.08. The van der Waals surface area contributed by atoms with Gasteiger partial charge in [-0.1, -0.05) is 6.07 Å². The van der Waals surface area contributed by atoms with Gasteiger partial charge in [0.25, 0.3) is 11.5 Å². The number of anilines is 1. The van der Waals surface area contributed by atoms with E-state index < -0.39 is 46.5 Å². The molecule has 35 heavy (non-hydrogen) atoms. The molecule has 0 radical (unpaired) electrons. The summed E-state index contributed by atoms with van der Waals surface area (Å²) in [5, 5.41) is 5.91. The number of carbonyl (C=O) groups is 1. The van der Waals surface area contributed by atoms with E-state index in [1.807, 2.05) is 5.32 Å². The van der Waals surface area contributed by atoms with Gasteiger partial charge in [0.1, 0.15) is 5.69 Å². The first kappa shape index (κ1) is 23.8. The zero-order valence-electron chi connectivity index (χ0n) is 17.5. The third-order valence-corrected chi connectivity index (χ3v) is 4.93. The first-order valence-electron chi connectivity index (χ1n) is 9.60. The number of aromatic amines is 1. The van der Waals surface area contributed by atoms with Crippen LogP contribution in [0.4, 0.5) is 32.0 Å². The van der Waals surface area contributed by atoms with Gasteiger partial charge in [-0.3, -0.25) is 9.59 Å². The number of fused-ring (bicyclic) bond motifs is 1. The highest BCUT2D eigenvalue weighted by atomic mass is 19.4. The van der Waals surface area contributed by atoms with E-state index in [9.17, 15) is 35.9 Å². The molecule has 0 fully saturated rings. The number of benzene rings is 1. The molecule has 4 aromatic rings. The highest BCUT2D eigenvalue weighted by Gasteiger charge is 2.41. The number of rotatable bonds is 4. The van der Waals surface area contributed by atoms with E-state index in [1.54, 1.807) is 0 Å². The SMILES string of the molecule is COc1cnc(C(F)(F)F)cc1NC(=O)c1cnn(-c2cccc3c(=O)[nH]ccc23)c1C(F)(F)F. The minimum atomic E-state index is -5.11. The van der Waals surface area contributed by atoms with Crippen molar-refractivity contribution in [3.63, 3.8) is 0 Å². The number of alkyl halides is 6. The van der Waals surface area contributed by atoms with E-state index in [1.165, 1.54) is 30.5 Å². The van der Waals surface area contributed by atoms with Crippen LogP contribution in [0.25, 0.3) is 16.5 Å². The topological polar surface area (TPSA) is 102 Å². The molecular weight excluding hydrogens is 484 g/mol. The molecule has 4 rings (SSSR count). The lowest BCUT2D eigenvalue weighted by Gasteiger charge is -2.15. The number of nitrogens with zero attached hydrogens (tertiary/aromatic N) is 3. The third kappa shape index (κ3) is 4.41. The Kier molecular flexibility index (Phi) is 5.74. The normalized spacial score (nSPS) is 12.1. The van der Waals surface area contributed by atoms with Gasteiger partial charge in [-0.15, -0.1) is 0 Å². The summed E-state index contributed by atoms with van der Waals surface area (Å²) in [6.07, 6.45) is -7.43. The van der Waals surface area contributed by atoms with Crippen molar-refractivity contribution in [3.8, 4) is 11.4 Å². The Morgan fingerprint density at radius 3 is 2.46 bits per heavy atom. The molecule has 3 aromatic heterocycles. The van der Waals surface area contributed by atoms with Crippen LogP contribution in [0.1, 0.15) is 21.7 Å². The molecule has 0 atom stereocenters. The zero-order valence-corrected chi connectivity index (χ0v) is 17.5. The van der Waals surface area contributed by atoms with E-state index in [0.717, 1.165) is 7.11 Å². The van der Waals surface area contributed by atoms with Crippen LogP contribution in [-0.2, 0) is 12.4 Å². The van der Waals surface area contributed by atoms with Crippen molar-refractivity contribution in [1.82, 2.24) is 19.7 Å². The molecule has 0 spiro atoms. The number of hydrogen-bond donors (Lipinski definition) is 2. The Hall–Kier alpha value is -4.36. The molecule has 1 aromatic carbocycles. The van der Waals surface area contributed by atoms with Gasteiger partial charge in [0.15, 0.2) is 11.4 Å². The standard InChI is InChI=1S/C21H13F6N5O3/c1-35-15-9-29-16(20(22,23)24)7-13(15)31-19(34)12-8-30-32(17(12)21(25,26)27)14-4-2-3-11-10(14)5-6-28-18(11)33/h2-9H,1H3,(H,28,33)(H,29,31,34). The van der Waals surface area contributed by atoms with Crippen LogP contribution in [0, 0.1) is 0 Å². The molecule has 0 aliphatic heterocycles. The maximum Gasteiger partial charge on any atom is 0.434 e. The van der Waals surface area contributed by atoms with Crippen LogP contribution in [-0.4, -0.2) is 32.8 Å². The number of methoxy groups -OCH3 is 1. The van der Waals surface area contributed by atoms with E-state index in [2.05, 4.69) is 15.1 Å². The number of halogens is 6. The van der Waals surface area contributed by atoms with Crippen LogP contribution >= 0.6 is 0 Å². The van der Waals surface area contributed by atoms with E-state index in [4.69, 9.17) is 4.74 Å². The number of ether oxygens (including phenoxy) is 1. The predicted octanol–water partition coefficient (Wildman–Crippen LogP) is 4.41. The lowest BCUT2D eigenvalue weighted by Crippen LogP contribution is -2.21. The van der Waals surface area contributed by atoms with E-state index in [-0.39, 0.29) is 22.2 Å². The summed E-state index contributed by atoms with van der Waals surface area (Å²) in [4.78, 5) is 30.4. The minimum Gasteiger partial charge on any atom is -0.493 e. The van der Waals surface area contributed by atoms with E-state index in [0.29, 0.717) is 23.1 Å². The van der Waals surface area contributed by atoms with Crippen molar-refractivity contribution >= 4 is 22.4 Å². The number of aromatic nitrogens is 4. The van der Waals surface area contributed by atoms with Gasteiger partial charge in [-0.25, -0.2) is 9.67 Å². The number of pyridine rings is 2. The van der Waals surface area contributed by atoms with Gasteiger partial charge in [-0.05, 0) is 24.3 Å². The fraction of sp³-hybridized carbons (Fsp3) is 0.143. The van der Waals surface area contributed by atoms with Crippen molar-refractivity contribution in [2.75, 3.05) is 12.4 Å². The monoisotopic (exact) mass is 497 g/mol. The molecular formula is C21H13F6N5O3. The molecule has 0 bridgehead atoms. The van der Waals surface area contributed by atoms with Crippen molar-refractivity contribution in [1.29, 1.82) is 0 Å². The van der Waals surface area contributed by atoms with Gasteiger partial charge >= 0.3 is 12.4 Å². The van der Waals surface area contributed by atoms with Crippen LogP contribution < -0.4 is 15.6 Å². The first-order chi connectivity index (χ1) is 16.4. The summed E-state index contributed by atoms with van der Waals surface area (Å²) in [5.41, 5.74) is -5.08. The Labute approximate surface area is 191 Å². The summed E-state index contributed by atoms with van der Waals surface area (Å²) in [5.74, 6) is -1.69. The number of H-pyrrole nitrogens is 1. The summed E-state index contributed by atoms with van der Waals surface area (Å²) in [7, 11) is 1.08. The average Bonchev–Trinajstić information content (AvgIpc) is 3.24. The molecule has 0 saturated carbocycles. The molecule has 1 amide bonds. The average molecular weight is 497 g/mol. The fourth-order valence-electron chi connectivity index (χ4n) is 3.41. The van der Waals surface area contributed by atoms with Gasteiger partial charge in [0.05, 0.1) is 36.4 Å². The molecule has 14 heteroatoms. The summed E-state index contributed by atoms with van der Waals surface area (Å²) in [6, 6.07) is 5.82. The van der Waals surface area contributed by atoms with Gasteiger partial charge in [-0.2, -0.15) is 31.4 Å². The number of nitrogens with one attached hydrogen (secondary N) is 2. The Morgan fingerprint density at radius 2 is 1.80 bits per heavy atom. The van der Waals surface area contributed by atoms with E-state index >= 15 is 0 Å². The molecule has 0 unspecified atom stereocenters. The summed E-state index contributed by atoms with van der Waals surface area (Å²) >= 11 is 0. The summed E-state index contributed by atoms with van der Waals surface area (Å²) < 4.78 is 86.6. The number of amides is 1. The van der Waals surface area contributed by atoms with Gasteiger partial charge in [0.2, 0.25) is 0 Å². The maximum atomic E-state index is 14.1. The highest BCUT2D eigenvalue weighted by Crippen LogP contribution is 2.37. The highest BCUT2D eigenvalue weighted by molar-refractivity contribution is 6.06. The van der Waals surface area contributed by atoms with Crippen LogP contribution in [0.5, 0.6) is 5.75 Å². The first-order valence-corrected chi connectivity index (χ1v) is 9.60. The Balaban J connectivity index is 1.83. The molecule has 2 N–H and O–H groups in total. The largest absolute Gasteiger partial charge is 0.493 e. The van der Waals surface area contributed by atoms with Crippen LogP contribution in [0.3, 0.4) is 0 Å². The van der Waals surface area contributed by atoms with Crippen molar-refractivity contribution in [2.24, 2.45) is 0 Å². The lowest BCUT2D eigenvalue weighted by atomic mass is 10.1. The predicted molar refractivity (Wildman–Crippen MR) is 110 cm³/mol. The zero-order chi connectivity index (χ0) is 25.5. The van der Waals surface area contributed by atoms with Crippen LogP contribution in [0.15, 0.2) is 53.7 Å². The Morgan fingerprint density at radius 1 is 1.06 bits per heavy atom. The molecule has 182 valence electrons. The Bertz CT molecular complexity index is 1490. The molecule has 8 nitrogen and oxygen atoms in total. The molecule has 0 saturated heterocycles. The number of hydrogen-bond acceptors (Lipinski definition) is 5. The lowest BCUT2D eigenvalue weighted by molar-refractivity contribution is -0.143. The second kappa shape index (κ2) is 8.45. The number of carbonyl (C=O) groups excluding carboxylic acids is 1. The smallest absolute Gasteiger partial charge is 0.434 e. The quantitative estimate of drug-likeness (QED) is 0.407. The third-order valence-electron chi connectivity index (χ3n) is 4.93. The van der Waals surface area contributed by atoms with Gasteiger partial charge in [0, 0.05) is 17.0 Å². The fourth-order valence-corrected chi connectivity index (χ4v) is 3.41. The second-order valence-corrected chi connectivity index (χ2v) is 7.08. The van der Waals surface area contributed by atoms with Gasteiger partial charge < -0.3 is 15.0 Å². The van der Waals surface area contributed by atoms with Crippen molar-refractivity contribution in [3.05, 3.63) is 76.2 Å². The van der Waals surface area contributed by atoms with Crippen molar-refractivity contribution in [2.45, 2.75) is 12.4 Å². The molecule has 3 heterocycles.